The van der Waals surface area contributed by atoms with Gasteiger partial charge in [0.15, 0.2) is 0 Å². The van der Waals surface area contributed by atoms with Crippen molar-refractivity contribution in [3.63, 3.8) is 0 Å². The summed E-state index contributed by atoms with van der Waals surface area (Å²) in [5.74, 6) is 1.36. The second-order valence-corrected chi connectivity index (χ2v) is 7.62. The average Bonchev–Trinajstić information content (AvgIpc) is 3.02. The lowest BCUT2D eigenvalue weighted by Gasteiger charge is -2.34. The molecule has 1 aliphatic heterocycles. The van der Waals surface area contributed by atoms with Gasteiger partial charge in [0.25, 0.3) is 0 Å². The molecule has 0 radical (unpaired) electrons. The van der Waals surface area contributed by atoms with Gasteiger partial charge in [0.05, 0.1) is 10.2 Å². The number of rotatable bonds is 2. The molecule has 3 heterocycles. The standard InChI is InChI=1S/C18H18ClN3S.ClH/c1-11-8-13(18-20-10-17-15(22-18)6-7-23-17)9-16(21-11)12-2-4-14(19)5-3-12;/h2-7,10-11,13,16,21H,8-9H2,1H3;1H. The number of aromatic nitrogens is 2. The molecule has 0 spiro atoms. The van der Waals surface area contributed by atoms with Crippen LogP contribution >= 0.6 is 35.3 Å². The lowest BCUT2D eigenvalue weighted by Crippen LogP contribution is -2.38. The van der Waals surface area contributed by atoms with Crippen molar-refractivity contribution in [2.45, 2.75) is 37.8 Å². The van der Waals surface area contributed by atoms with Crippen molar-refractivity contribution in [2.24, 2.45) is 0 Å². The lowest BCUT2D eigenvalue weighted by molar-refractivity contribution is 0.300. The van der Waals surface area contributed by atoms with E-state index in [9.17, 15) is 0 Å². The van der Waals surface area contributed by atoms with Gasteiger partial charge in [0.2, 0.25) is 0 Å². The first-order valence-corrected chi connectivity index (χ1v) is 9.16. The normalized spacial score (nSPS) is 23.8. The summed E-state index contributed by atoms with van der Waals surface area (Å²) >= 11 is 7.70. The Balaban J connectivity index is 0.00000169. The highest BCUT2D eigenvalue weighted by Crippen LogP contribution is 2.36. The fourth-order valence-electron chi connectivity index (χ4n) is 3.40. The van der Waals surface area contributed by atoms with Crippen molar-refractivity contribution >= 4 is 45.6 Å². The Labute approximate surface area is 156 Å². The fraction of sp³-hybridized carbons (Fsp3) is 0.333. The molecule has 1 aliphatic rings. The first kappa shape index (κ1) is 17.6. The Kier molecular flexibility index (Phi) is 5.40. The van der Waals surface area contributed by atoms with Gasteiger partial charge in [-0.15, -0.1) is 23.7 Å². The van der Waals surface area contributed by atoms with Gasteiger partial charge in [0.1, 0.15) is 5.82 Å². The average molecular weight is 380 g/mol. The predicted molar refractivity (Wildman–Crippen MR) is 103 cm³/mol. The highest BCUT2D eigenvalue weighted by Gasteiger charge is 2.29. The van der Waals surface area contributed by atoms with Crippen LogP contribution in [0, 0.1) is 0 Å². The van der Waals surface area contributed by atoms with Crippen molar-refractivity contribution in [3.05, 3.63) is 58.3 Å². The van der Waals surface area contributed by atoms with Gasteiger partial charge in [0, 0.05) is 29.2 Å². The van der Waals surface area contributed by atoms with E-state index >= 15 is 0 Å². The number of hydrogen-bond donors (Lipinski definition) is 1. The number of fused-ring (bicyclic) bond motifs is 1. The van der Waals surface area contributed by atoms with Crippen LogP contribution < -0.4 is 5.32 Å². The molecular formula is C18H19Cl2N3S. The molecule has 0 amide bonds. The summed E-state index contributed by atoms with van der Waals surface area (Å²) in [5, 5.41) is 6.54. The molecule has 1 N–H and O–H groups in total. The maximum Gasteiger partial charge on any atom is 0.132 e. The summed E-state index contributed by atoms with van der Waals surface area (Å²) in [6.07, 6.45) is 4.05. The summed E-state index contributed by atoms with van der Waals surface area (Å²) in [6, 6.07) is 11.0. The van der Waals surface area contributed by atoms with Gasteiger partial charge in [-0.2, -0.15) is 0 Å². The fourth-order valence-corrected chi connectivity index (χ4v) is 4.22. The molecule has 3 atom stereocenters. The smallest absolute Gasteiger partial charge is 0.132 e. The Morgan fingerprint density at radius 2 is 1.96 bits per heavy atom. The minimum atomic E-state index is 0. The zero-order chi connectivity index (χ0) is 15.8. The zero-order valence-electron chi connectivity index (χ0n) is 13.3. The van der Waals surface area contributed by atoms with Crippen molar-refractivity contribution in [1.82, 2.24) is 15.3 Å². The maximum absolute atomic E-state index is 6.01. The molecular weight excluding hydrogens is 361 g/mol. The van der Waals surface area contributed by atoms with Gasteiger partial charge >= 0.3 is 0 Å². The van der Waals surface area contributed by atoms with Gasteiger partial charge in [-0.05, 0) is 48.9 Å². The molecule has 6 heteroatoms. The summed E-state index contributed by atoms with van der Waals surface area (Å²) in [4.78, 5) is 9.42. The summed E-state index contributed by atoms with van der Waals surface area (Å²) in [6.45, 7) is 2.23. The topological polar surface area (TPSA) is 37.8 Å². The Bertz CT molecular complexity index is 819. The number of halogens is 2. The van der Waals surface area contributed by atoms with Gasteiger partial charge < -0.3 is 5.32 Å². The summed E-state index contributed by atoms with van der Waals surface area (Å²) in [7, 11) is 0. The number of nitrogens with one attached hydrogen (secondary N) is 1. The third-order valence-electron chi connectivity index (χ3n) is 4.50. The molecule has 0 saturated carbocycles. The van der Waals surface area contributed by atoms with Crippen molar-refractivity contribution in [1.29, 1.82) is 0 Å². The maximum atomic E-state index is 6.01. The molecule has 3 nitrogen and oxygen atoms in total. The number of thiophene rings is 1. The van der Waals surface area contributed by atoms with Crippen LogP contribution in [0.3, 0.4) is 0 Å². The minimum absolute atomic E-state index is 0. The highest BCUT2D eigenvalue weighted by molar-refractivity contribution is 7.17. The van der Waals surface area contributed by atoms with E-state index in [1.165, 1.54) is 5.56 Å². The van der Waals surface area contributed by atoms with E-state index in [0.717, 1.165) is 33.9 Å². The first-order valence-electron chi connectivity index (χ1n) is 7.90. The van der Waals surface area contributed by atoms with Gasteiger partial charge in [-0.25, -0.2) is 9.97 Å². The number of piperidine rings is 1. The van der Waals surface area contributed by atoms with Crippen LogP contribution in [-0.2, 0) is 0 Å². The molecule has 1 saturated heterocycles. The minimum Gasteiger partial charge on any atom is -0.307 e. The van der Waals surface area contributed by atoms with Crippen LogP contribution in [0.25, 0.3) is 10.2 Å². The van der Waals surface area contributed by atoms with Crippen molar-refractivity contribution < 1.29 is 0 Å². The third kappa shape index (κ3) is 3.57. The Hall–Kier alpha value is -1.20. The zero-order valence-corrected chi connectivity index (χ0v) is 15.7. The molecule has 126 valence electrons. The second kappa shape index (κ2) is 7.36. The molecule has 2 aromatic heterocycles. The molecule has 4 rings (SSSR count). The summed E-state index contributed by atoms with van der Waals surface area (Å²) < 4.78 is 1.16. The molecule has 24 heavy (non-hydrogen) atoms. The Morgan fingerprint density at radius 1 is 1.17 bits per heavy atom. The third-order valence-corrected chi connectivity index (χ3v) is 5.60. The highest BCUT2D eigenvalue weighted by atomic mass is 35.5. The summed E-state index contributed by atoms with van der Waals surface area (Å²) in [5.41, 5.74) is 2.34. The van der Waals surface area contributed by atoms with E-state index in [1.54, 1.807) is 11.3 Å². The van der Waals surface area contributed by atoms with Crippen molar-refractivity contribution in [3.8, 4) is 0 Å². The lowest BCUT2D eigenvalue weighted by atomic mass is 9.85. The quantitative estimate of drug-likeness (QED) is 0.650. The largest absolute Gasteiger partial charge is 0.307 e. The van der Waals surface area contributed by atoms with Crippen molar-refractivity contribution in [2.75, 3.05) is 0 Å². The van der Waals surface area contributed by atoms with Crippen LogP contribution in [0.5, 0.6) is 0 Å². The van der Waals surface area contributed by atoms with Crippen LogP contribution in [0.15, 0.2) is 41.9 Å². The molecule has 1 fully saturated rings. The van der Waals surface area contributed by atoms with Crippen LogP contribution in [-0.4, -0.2) is 16.0 Å². The van der Waals surface area contributed by atoms with E-state index in [-0.39, 0.29) is 12.4 Å². The van der Waals surface area contributed by atoms with Crippen LogP contribution in [0.2, 0.25) is 5.02 Å². The molecule has 1 aromatic carbocycles. The van der Waals surface area contributed by atoms with E-state index in [0.29, 0.717) is 18.0 Å². The van der Waals surface area contributed by atoms with E-state index < -0.39 is 0 Å². The number of benzene rings is 1. The molecule has 0 aliphatic carbocycles. The van der Waals surface area contributed by atoms with Gasteiger partial charge in [-0.3, -0.25) is 0 Å². The van der Waals surface area contributed by atoms with E-state index in [4.69, 9.17) is 16.6 Å². The molecule has 3 aromatic rings. The van der Waals surface area contributed by atoms with Crippen LogP contribution in [0.4, 0.5) is 0 Å². The molecule has 0 bridgehead atoms. The Morgan fingerprint density at radius 3 is 2.75 bits per heavy atom. The van der Waals surface area contributed by atoms with Crippen LogP contribution in [0.1, 0.15) is 43.1 Å². The van der Waals surface area contributed by atoms with Gasteiger partial charge in [-0.1, -0.05) is 23.7 Å². The monoisotopic (exact) mass is 379 g/mol. The van der Waals surface area contributed by atoms with E-state index in [2.05, 4.69) is 40.8 Å². The first-order chi connectivity index (χ1) is 11.2. The molecule has 3 unspecified atom stereocenters. The number of hydrogen-bond acceptors (Lipinski definition) is 4. The number of nitrogens with zero attached hydrogens (tertiary/aromatic N) is 2. The second-order valence-electron chi connectivity index (χ2n) is 6.24. The SMILES string of the molecule is CC1CC(c2ncc3sccc3n2)CC(c2ccc(Cl)cc2)N1.Cl. The van der Waals surface area contributed by atoms with E-state index in [1.807, 2.05) is 18.3 Å². The predicted octanol–water partition coefficient (Wildman–Crippen LogP) is 5.36.